The van der Waals surface area contributed by atoms with Crippen LogP contribution in [-0.4, -0.2) is 23.7 Å². The van der Waals surface area contributed by atoms with E-state index in [1.165, 1.54) is 6.92 Å². The van der Waals surface area contributed by atoms with E-state index in [-0.39, 0.29) is 11.9 Å². The van der Waals surface area contributed by atoms with Crippen molar-refractivity contribution in [3.8, 4) is 17.0 Å². The van der Waals surface area contributed by atoms with Crippen LogP contribution in [0.2, 0.25) is 0 Å². The van der Waals surface area contributed by atoms with Crippen LogP contribution in [0, 0.1) is 0 Å². The Morgan fingerprint density at radius 3 is 2.59 bits per heavy atom. The fourth-order valence-corrected chi connectivity index (χ4v) is 4.70. The van der Waals surface area contributed by atoms with Gasteiger partial charge in [-0.1, -0.05) is 24.3 Å². The number of carbonyl (C=O) groups is 1. The lowest BCUT2D eigenvalue weighted by Gasteiger charge is -2.18. The first-order chi connectivity index (χ1) is 16.6. The molecular weight excluding hydrogens is 448 g/mol. The lowest BCUT2D eigenvalue weighted by molar-refractivity contribution is -0.119. The Bertz CT molecular complexity index is 1290. The van der Waals surface area contributed by atoms with Crippen molar-refractivity contribution in [2.75, 3.05) is 12.1 Å². The predicted octanol–water partition coefficient (Wildman–Crippen LogP) is 5.40. The number of rotatable bonds is 7. The molecule has 172 valence electrons. The third-order valence-corrected chi connectivity index (χ3v) is 6.51. The van der Waals surface area contributed by atoms with Gasteiger partial charge in [-0.05, 0) is 47.5 Å². The number of ether oxygens (including phenoxy) is 1. The zero-order valence-electron chi connectivity index (χ0n) is 18.9. The summed E-state index contributed by atoms with van der Waals surface area (Å²) in [5.74, 6) is 1.63. The van der Waals surface area contributed by atoms with Gasteiger partial charge in [0, 0.05) is 30.8 Å². The third-order valence-electron chi connectivity index (χ3n) is 5.68. The number of thiazole rings is 1. The van der Waals surface area contributed by atoms with Crippen LogP contribution in [0.4, 0.5) is 5.13 Å². The summed E-state index contributed by atoms with van der Waals surface area (Å²) in [7, 11) is 1.66. The van der Waals surface area contributed by atoms with Crippen molar-refractivity contribution in [2.24, 2.45) is 5.10 Å². The molecule has 0 aliphatic carbocycles. The minimum atomic E-state index is -0.0638. The number of nitrogens with zero attached hydrogens (tertiary/aromatic N) is 3. The molecule has 3 heterocycles. The van der Waals surface area contributed by atoms with Crippen molar-refractivity contribution >= 4 is 28.1 Å². The van der Waals surface area contributed by atoms with Gasteiger partial charge in [-0.2, -0.15) is 5.10 Å². The van der Waals surface area contributed by atoms with Gasteiger partial charge in [0.1, 0.15) is 17.6 Å². The third kappa shape index (κ3) is 4.58. The second kappa shape index (κ2) is 9.52. The number of hydrogen-bond donors (Lipinski definition) is 1. The molecule has 0 fully saturated rings. The summed E-state index contributed by atoms with van der Waals surface area (Å²) in [4.78, 5) is 16.0. The summed E-state index contributed by atoms with van der Waals surface area (Å²) in [6.07, 6.45) is 2.40. The van der Waals surface area contributed by atoms with Crippen LogP contribution in [-0.2, 0) is 11.3 Å². The van der Waals surface area contributed by atoms with E-state index in [0.29, 0.717) is 13.0 Å². The molecule has 0 unspecified atom stereocenters. The molecular formula is C26H24N4O3S. The van der Waals surface area contributed by atoms with Crippen LogP contribution in [0.5, 0.6) is 5.75 Å². The van der Waals surface area contributed by atoms with Gasteiger partial charge in [0.15, 0.2) is 0 Å². The van der Waals surface area contributed by atoms with Gasteiger partial charge in [-0.15, -0.1) is 11.3 Å². The molecule has 1 atom stereocenters. The SMILES string of the molecule is COc1ccc(C2=NN(c3nc(-c4ccc(CNC(C)=O)cc4)cs3)[C@H](c3ccco3)C2)cc1. The average molecular weight is 473 g/mol. The zero-order valence-corrected chi connectivity index (χ0v) is 19.7. The van der Waals surface area contributed by atoms with Crippen LogP contribution >= 0.6 is 11.3 Å². The molecule has 0 bridgehead atoms. The highest BCUT2D eigenvalue weighted by molar-refractivity contribution is 7.14. The molecule has 0 radical (unpaired) electrons. The highest BCUT2D eigenvalue weighted by Gasteiger charge is 2.33. The Morgan fingerprint density at radius 1 is 1.15 bits per heavy atom. The van der Waals surface area contributed by atoms with E-state index < -0.39 is 0 Å². The molecule has 0 spiro atoms. The van der Waals surface area contributed by atoms with E-state index in [2.05, 4.69) is 5.32 Å². The topological polar surface area (TPSA) is 80.0 Å². The Kier molecular flexibility index (Phi) is 6.14. The molecule has 2 aromatic carbocycles. The number of hydrogen-bond acceptors (Lipinski definition) is 7. The summed E-state index contributed by atoms with van der Waals surface area (Å²) in [5.41, 5.74) is 4.97. The van der Waals surface area contributed by atoms with Gasteiger partial charge in [0.25, 0.3) is 0 Å². The summed E-state index contributed by atoms with van der Waals surface area (Å²) in [5, 5.41) is 12.6. The molecule has 4 aromatic rings. The first kappa shape index (κ1) is 21.9. The van der Waals surface area contributed by atoms with Gasteiger partial charge in [-0.25, -0.2) is 9.99 Å². The zero-order chi connectivity index (χ0) is 23.5. The van der Waals surface area contributed by atoms with E-state index in [1.54, 1.807) is 24.7 Å². The number of furan rings is 1. The number of hydrazone groups is 1. The van der Waals surface area contributed by atoms with Crippen LogP contribution in [0.25, 0.3) is 11.3 Å². The molecule has 34 heavy (non-hydrogen) atoms. The van der Waals surface area contributed by atoms with Gasteiger partial charge >= 0.3 is 0 Å². The minimum Gasteiger partial charge on any atom is -0.497 e. The van der Waals surface area contributed by atoms with Crippen LogP contribution in [0.1, 0.15) is 36.3 Å². The van der Waals surface area contributed by atoms with Gasteiger partial charge in [0.2, 0.25) is 11.0 Å². The van der Waals surface area contributed by atoms with E-state index in [0.717, 1.165) is 44.7 Å². The second-order valence-corrected chi connectivity index (χ2v) is 8.81. The largest absolute Gasteiger partial charge is 0.497 e. The van der Waals surface area contributed by atoms with Gasteiger partial charge < -0.3 is 14.5 Å². The lowest BCUT2D eigenvalue weighted by atomic mass is 10.0. The van der Waals surface area contributed by atoms with Crippen molar-refractivity contribution in [3.63, 3.8) is 0 Å². The van der Waals surface area contributed by atoms with Crippen molar-refractivity contribution in [3.05, 3.63) is 89.2 Å². The highest BCUT2D eigenvalue weighted by Crippen LogP contribution is 2.39. The number of methoxy groups -OCH3 is 1. The Hall–Kier alpha value is -3.91. The monoisotopic (exact) mass is 472 g/mol. The average Bonchev–Trinajstić information content (AvgIpc) is 3.63. The smallest absolute Gasteiger partial charge is 0.217 e. The fourth-order valence-electron chi connectivity index (χ4n) is 3.87. The number of amides is 1. The number of anilines is 1. The van der Waals surface area contributed by atoms with Crippen LogP contribution in [0.15, 0.2) is 81.8 Å². The second-order valence-electron chi connectivity index (χ2n) is 7.98. The van der Waals surface area contributed by atoms with Crippen molar-refractivity contribution in [1.29, 1.82) is 0 Å². The van der Waals surface area contributed by atoms with E-state index in [1.807, 2.05) is 71.1 Å². The summed E-state index contributed by atoms with van der Waals surface area (Å²) in [6.45, 7) is 2.03. The molecule has 0 saturated carbocycles. The maximum Gasteiger partial charge on any atom is 0.217 e. The van der Waals surface area contributed by atoms with Gasteiger partial charge in [-0.3, -0.25) is 4.79 Å². The molecule has 1 amide bonds. The quantitative estimate of drug-likeness (QED) is 0.389. The molecule has 7 nitrogen and oxygen atoms in total. The minimum absolute atomic E-state index is 0.0421. The van der Waals surface area contributed by atoms with E-state index in [9.17, 15) is 4.79 Å². The van der Waals surface area contributed by atoms with E-state index >= 15 is 0 Å². The van der Waals surface area contributed by atoms with Gasteiger partial charge in [0.05, 0.1) is 24.8 Å². The van der Waals surface area contributed by atoms with Crippen LogP contribution < -0.4 is 15.1 Å². The molecule has 1 aliphatic heterocycles. The van der Waals surface area contributed by atoms with E-state index in [4.69, 9.17) is 19.2 Å². The summed E-state index contributed by atoms with van der Waals surface area (Å²) in [6, 6.07) is 19.8. The summed E-state index contributed by atoms with van der Waals surface area (Å²) >= 11 is 1.55. The summed E-state index contributed by atoms with van der Waals surface area (Å²) < 4.78 is 11.0. The lowest BCUT2D eigenvalue weighted by Crippen LogP contribution is -2.18. The Balaban J connectivity index is 1.41. The highest BCUT2D eigenvalue weighted by atomic mass is 32.1. The van der Waals surface area contributed by atoms with Crippen molar-refractivity contribution in [1.82, 2.24) is 10.3 Å². The Morgan fingerprint density at radius 2 is 1.91 bits per heavy atom. The predicted molar refractivity (Wildman–Crippen MR) is 133 cm³/mol. The maximum atomic E-state index is 11.1. The number of nitrogens with one attached hydrogen (secondary N) is 1. The molecule has 0 saturated heterocycles. The molecule has 2 aromatic heterocycles. The number of benzene rings is 2. The molecule has 1 N–H and O–H groups in total. The Labute approximate surface area is 201 Å². The number of carbonyl (C=O) groups excluding carboxylic acids is 1. The number of aromatic nitrogens is 1. The van der Waals surface area contributed by atoms with Crippen molar-refractivity contribution in [2.45, 2.75) is 25.9 Å². The maximum absolute atomic E-state index is 11.1. The fraction of sp³-hybridized carbons (Fsp3) is 0.192. The standard InChI is InChI=1S/C26H24N4O3S/c1-17(31)27-15-18-5-7-20(8-6-18)23-16-34-26(28-23)30-24(25-4-3-13-33-25)14-22(29-30)19-9-11-21(32-2)12-10-19/h3-13,16,24H,14-15H2,1-2H3,(H,27,31)/t24-/m0/s1. The first-order valence-electron chi connectivity index (χ1n) is 10.9. The van der Waals surface area contributed by atoms with Crippen LogP contribution in [0.3, 0.4) is 0 Å². The first-order valence-corrected chi connectivity index (χ1v) is 11.8. The molecule has 5 rings (SSSR count). The normalized spacial score (nSPS) is 15.3. The molecule has 8 heteroatoms. The molecule has 1 aliphatic rings. The van der Waals surface area contributed by atoms with Crippen molar-refractivity contribution < 1.29 is 13.9 Å².